The van der Waals surface area contributed by atoms with Crippen molar-refractivity contribution in [3.63, 3.8) is 0 Å². The maximum Gasteiger partial charge on any atom is 0.0748 e. The van der Waals surface area contributed by atoms with Gasteiger partial charge in [0.15, 0.2) is 0 Å². The molecule has 0 aromatic heterocycles. The van der Waals surface area contributed by atoms with E-state index in [1.54, 1.807) is 0 Å². The highest BCUT2D eigenvalue weighted by atomic mass is 16.3. The first-order valence-electron chi connectivity index (χ1n) is 4.65. The summed E-state index contributed by atoms with van der Waals surface area (Å²) in [4.78, 5) is 0. The third kappa shape index (κ3) is 2.66. The second-order valence-electron chi connectivity index (χ2n) is 3.41. The van der Waals surface area contributed by atoms with Gasteiger partial charge in [-0.05, 0) is 25.7 Å². The molecule has 0 aromatic rings. The number of allylic oxidation sites excluding steroid dienone is 1. The molecule has 0 amide bonds. The van der Waals surface area contributed by atoms with E-state index in [9.17, 15) is 5.11 Å². The van der Waals surface area contributed by atoms with Gasteiger partial charge < -0.3 is 5.11 Å². The first kappa shape index (κ1) is 8.79. The summed E-state index contributed by atoms with van der Waals surface area (Å²) in [5.74, 6) is 0.542. The zero-order chi connectivity index (χ0) is 8.10. The molecule has 0 saturated heterocycles. The molecule has 1 N–H and O–H groups in total. The number of rotatable bonds is 2. The van der Waals surface area contributed by atoms with E-state index in [4.69, 9.17) is 0 Å². The molecule has 11 heavy (non-hydrogen) atoms. The Balaban J connectivity index is 2.32. The van der Waals surface area contributed by atoms with Crippen molar-refractivity contribution in [1.29, 1.82) is 0 Å². The van der Waals surface area contributed by atoms with Crippen LogP contribution in [0.2, 0.25) is 0 Å². The van der Waals surface area contributed by atoms with Gasteiger partial charge >= 0.3 is 0 Å². The molecule has 0 bridgehead atoms. The summed E-state index contributed by atoms with van der Waals surface area (Å²) >= 11 is 0. The Hall–Kier alpha value is -0.300. The minimum absolute atomic E-state index is 0.180. The molecular weight excluding hydrogens is 136 g/mol. The average molecular weight is 154 g/mol. The largest absolute Gasteiger partial charge is 0.389 e. The molecule has 1 rings (SSSR count). The summed E-state index contributed by atoms with van der Waals surface area (Å²) in [5.41, 5.74) is 0. The molecule has 0 aromatic carbocycles. The Labute approximate surface area is 69.1 Å². The molecule has 1 heteroatoms. The fourth-order valence-electron chi connectivity index (χ4n) is 1.83. The smallest absolute Gasteiger partial charge is 0.0748 e. The minimum atomic E-state index is -0.180. The molecule has 1 unspecified atom stereocenters. The van der Waals surface area contributed by atoms with Crippen LogP contribution in [0.5, 0.6) is 0 Å². The summed E-state index contributed by atoms with van der Waals surface area (Å²) < 4.78 is 0. The van der Waals surface area contributed by atoms with Crippen LogP contribution >= 0.6 is 0 Å². The van der Waals surface area contributed by atoms with E-state index < -0.39 is 0 Å². The van der Waals surface area contributed by atoms with Crippen molar-refractivity contribution in [3.8, 4) is 0 Å². The third-order valence-electron chi connectivity index (χ3n) is 2.52. The van der Waals surface area contributed by atoms with E-state index in [0.717, 1.165) is 0 Å². The lowest BCUT2D eigenvalue weighted by Crippen LogP contribution is -2.20. The lowest BCUT2D eigenvalue weighted by atomic mass is 9.85. The molecule has 1 nitrogen and oxygen atoms in total. The van der Waals surface area contributed by atoms with E-state index >= 15 is 0 Å². The Morgan fingerprint density at radius 1 is 1.27 bits per heavy atom. The Morgan fingerprint density at radius 3 is 2.45 bits per heavy atom. The zero-order valence-corrected chi connectivity index (χ0v) is 7.29. The zero-order valence-electron chi connectivity index (χ0n) is 7.29. The fourth-order valence-corrected chi connectivity index (χ4v) is 1.83. The molecule has 0 aliphatic heterocycles. The highest BCUT2D eigenvalue weighted by Gasteiger charge is 2.18. The van der Waals surface area contributed by atoms with E-state index in [1.807, 2.05) is 19.1 Å². The topological polar surface area (TPSA) is 20.2 Å². The van der Waals surface area contributed by atoms with Crippen molar-refractivity contribution >= 4 is 0 Å². The summed E-state index contributed by atoms with van der Waals surface area (Å²) in [6.07, 6.45) is 10.1. The van der Waals surface area contributed by atoms with Gasteiger partial charge in [0.25, 0.3) is 0 Å². The predicted molar refractivity (Wildman–Crippen MR) is 47.4 cm³/mol. The Bertz CT molecular complexity index is 123. The average Bonchev–Trinajstić information content (AvgIpc) is 2.07. The standard InChI is InChI=1S/C10H18O/c1-2-6-10(11)9-7-4-3-5-8-9/h2,6,9-11H,3-5,7-8H2,1H3/b6-2-. The molecule has 0 heterocycles. The van der Waals surface area contributed by atoms with Gasteiger partial charge in [-0.1, -0.05) is 31.4 Å². The third-order valence-corrected chi connectivity index (χ3v) is 2.52. The molecule has 1 atom stereocenters. The summed E-state index contributed by atoms with van der Waals surface area (Å²) in [7, 11) is 0. The van der Waals surface area contributed by atoms with E-state index in [1.165, 1.54) is 32.1 Å². The number of hydrogen-bond acceptors (Lipinski definition) is 1. The van der Waals surface area contributed by atoms with Crippen LogP contribution in [0.4, 0.5) is 0 Å². The molecule has 64 valence electrons. The van der Waals surface area contributed by atoms with Crippen molar-refractivity contribution in [2.45, 2.75) is 45.1 Å². The maximum absolute atomic E-state index is 9.59. The van der Waals surface area contributed by atoms with Gasteiger partial charge in [-0.25, -0.2) is 0 Å². The lowest BCUT2D eigenvalue weighted by molar-refractivity contribution is 0.125. The Kier molecular flexibility index (Phi) is 3.64. The van der Waals surface area contributed by atoms with Gasteiger partial charge in [-0.3, -0.25) is 0 Å². The second-order valence-corrected chi connectivity index (χ2v) is 3.41. The number of aliphatic hydroxyl groups is 1. The Morgan fingerprint density at radius 2 is 1.91 bits per heavy atom. The summed E-state index contributed by atoms with van der Waals surface area (Å²) in [6, 6.07) is 0. The highest BCUT2D eigenvalue weighted by molar-refractivity contribution is 4.90. The molecule has 1 aliphatic rings. The highest BCUT2D eigenvalue weighted by Crippen LogP contribution is 2.26. The monoisotopic (exact) mass is 154 g/mol. The quantitative estimate of drug-likeness (QED) is 0.606. The molecule has 0 radical (unpaired) electrons. The van der Waals surface area contributed by atoms with Gasteiger partial charge in [0.1, 0.15) is 0 Å². The predicted octanol–water partition coefficient (Wildman–Crippen LogP) is 2.50. The van der Waals surface area contributed by atoms with Gasteiger partial charge in [-0.2, -0.15) is 0 Å². The first-order valence-corrected chi connectivity index (χ1v) is 4.65. The lowest BCUT2D eigenvalue weighted by Gasteiger charge is -2.24. The number of aliphatic hydroxyl groups excluding tert-OH is 1. The van der Waals surface area contributed by atoms with Crippen LogP contribution in [0, 0.1) is 5.92 Å². The van der Waals surface area contributed by atoms with Crippen LogP contribution < -0.4 is 0 Å². The van der Waals surface area contributed by atoms with Crippen LogP contribution in [0.3, 0.4) is 0 Å². The second kappa shape index (κ2) is 4.55. The van der Waals surface area contributed by atoms with Gasteiger partial charge in [0.2, 0.25) is 0 Å². The molecule has 1 fully saturated rings. The van der Waals surface area contributed by atoms with Crippen molar-refractivity contribution in [3.05, 3.63) is 12.2 Å². The van der Waals surface area contributed by atoms with Crippen LogP contribution in [-0.2, 0) is 0 Å². The van der Waals surface area contributed by atoms with Crippen LogP contribution in [-0.4, -0.2) is 11.2 Å². The van der Waals surface area contributed by atoms with Crippen molar-refractivity contribution in [1.82, 2.24) is 0 Å². The minimum Gasteiger partial charge on any atom is -0.389 e. The molecule has 1 saturated carbocycles. The van der Waals surface area contributed by atoms with Crippen molar-refractivity contribution in [2.24, 2.45) is 5.92 Å². The van der Waals surface area contributed by atoms with Gasteiger partial charge in [-0.15, -0.1) is 0 Å². The number of hydrogen-bond donors (Lipinski definition) is 1. The molecule has 0 spiro atoms. The first-order chi connectivity index (χ1) is 5.34. The fraction of sp³-hybridized carbons (Fsp3) is 0.800. The molecular formula is C10H18O. The van der Waals surface area contributed by atoms with Crippen molar-refractivity contribution in [2.75, 3.05) is 0 Å². The summed E-state index contributed by atoms with van der Waals surface area (Å²) in [6.45, 7) is 1.96. The van der Waals surface area contributed by atoms with E-state index in [0.29, 0.717) is 5.92 Å². The van der Waals surface area contributed by atoms with Gasteiger partial charge in [0.05, 0.1) is 6.10 Å². The normalized spacial score (nSPS) is 24.2. The maximum atomic E-state index is 9.59. The van der Waals surface area contributed by atoms with Crippen LogP contribution in [0.15, 0.2) is 12.2 Å². The SMILES string of the molecule is C/C=C\C(O)C1CCCCC1. The van der Waals surface area contributed by atoms with Crippen LogP contribution in [0.1, 0.15) is 39.0 Å². The van der Waals surface area contributed by atoms with E-state index in [-0.39, 0.29) is 6.10 Å². The molecule has 1 aliphatic carbocycles. The van der Waals surface area contributed by atoms with Crippen LogP contribution in [0.25, 0.3) is 0 Å². The van der Waals surface area contributed by atoms with E-state index in [2.05, 4.69) is 0 Å². The van der Waals surface area contributed by atoms with Gasteiger partial charge in [0, 0.05) is 0 Å². The summed E-state index contributed by atoms with van der Waals surface area (Å²) in [5, 5.41) is 9.59. The van der Waals surface area contributed by atoms with Crippen molar-refractivity contribution < 1.29 is 5.11 Å².